The Morgan fingerprint density at radius 2 is 2.11 bits per heavy atom. The molecule has 106 valence electrons. The van der Waals surface area contributed by atoms with Crippen LogP contribution in [0.3, 0.4) is 0 Å². The molecule has 1 atom stereocenters. The molecule has 1 aromatic rings. The minimum atomic E-state index is 0.465. The lowest BCUT2D eigenvalue weighted by molar-refractivity contribution is 0.856. The number of nitrogens with one attached hydrogen (secondary N) is 1. The molecule has 0 saturated carbocycles. The molecule has 0 spiro atoms. The maximum absolute atomic E-state index is 4.80. The molecule has 2 rings (SSSR count). The molecule has 19 heavy (non-hydrogen) atoms. The number of aryl methyl sites for hydroxylation is 1. The lowest BCUT2D eigenvalue weighted by atomic mass is 10.2. The average molecular weight is 297 g/mol. The summed E-state index contributed by atoms with van der Waals surface area (Å²) < 4.78 is 0. The van der Waals surface area contributed by atoms with E-state index in [1.165, 1.54) is 22.8 Å². The van der Waals surface area contributed by atoms with Crippen molar-refractivity contribution in [3.05, 3.63) is 17.1 Å². The molecule has 1 aromatic heterocycles. The van der Waals surface area contributed by atoms with Gasteiger partial charge in [-0.15, -0.1) is 11.8 Å². The highest BCUT2D eigenvalue weighted by Gasteiger charge is 2.21. The Hall–Kier alpha value is -0.420. The molecule has 0 aliphatic carbocycles. The van der Waals surface area contributed by atoms with Gasteiger partial charge in [-0.25, -0.2) is 9.97 Å². The fraction of sp³-hybridized carbons (Fsp3) is 0.714. The standard InChI is InChI=1S/C14H23N3S2/c1-4-6-15-13-10(3)11(5-2)16-14(17-13)12-9-18-7-8-19-12/h12H,4-9H2,1-3H3,(H,15,16,17). The van der Waals surface area contributed by atoms with E-state index in [1.807, 2.05) is 23.5 Å². The first-order valence-corrected chi connectivity index (χ1v) is 9.27. The summed E-state index contributed by atoms with van der Waals surface area (Å²) in [6.07, 6.45) is 2.10. The van der Waals surface area contributed by atoms with Gasteiger partial charge in [-0.3, -0.25) is 0 Å². The van der Waals surface area contributed by atoms with Gasteiger partial charge in [-0.2, -0.15) is 11.8 Å². The van der Waals surface area contributed by atoms with Crippen molar-refractivity contribution in [1.82, 2.24) is 9.97 Å². The largest absolute Gasteiger partial charge is 0.370 e. The molecule has 1 aliphatic rings. The van der Waals surface area contributed by atoms with Crippen LogP contribution in [0.4, 0.5) is 5.82 Å². The van der Waals surface area contributed by atoms with Crippen LogP contribution in [-0.4, -0.2) is 33.8 Å². The van der Waals surface area contributed by atoms with Crippen molar-refractivity contribution in [3.63, 3.8) is 0 Å². The lowest BCUT2D eigenvalue weighted by Gasteiger charge is -2.21. The first-order valence-electron chi connectivity index (χ1n) is 7.06. The van der Waals surface area contributed by atoms with Crippen molar-refractivity contribution < 1.29 is 0 Å². The zero-order valence-electron chi connectivity index (χ0n) is 12.0. The van der Waals surface area contributed by atoms with Gasteiger partial charge in [0.05, 0.1) is 5.25 Å². The van der Waals surface area contributed by atoms with E-state index in [1.54, 1.807) is 0 Å². The highest BCUT2D eigenvalue weighted by Crippen LogP contribution is 2.36. The summed E-state index contributed by atoms with van der Waals surface area (Å²) in [6, 6.07) is 0. The van der Waals surface area contributed by atoms with E-state index < -0.39 is 0 Å². The second kappa shape index (κ2) is 7.39. The predicted octanol–water partition coefficient (Wildman–Crippen LogP) is 3.69. The maximum Gasteiger partial charge on any atom is 0.144 e. The van der Waals surface area contributed by atoms with Gasteiger partial charge in [0.1, 0.15) is 11.6 Å². The van der Waals surface area contributed by atoms with E-state index in [4.69, 9.17) is 9.97 Å². The van der Waals surface area contributed by atoms with Gasteiger partial charge in [-0.05, 0) is 19.8 Å². The molecule has 1 N–H and O–H groups in total. The number of hydrogen-bond acceptors (Lipinski definition) is 5. The van der Waals surface area contributed by atoms with E-state index in [0.29, 0.717) is 5.25 Å². The highest BCUT2D eigenvalue weighted by molar-refractivity contribution is 8.06. The summed E-state index contributed by atoms with van der Waals surface area (Å²) in [4.78, 5) is 9.58. The van der Waals surface area contributed by atoms with E-state index in [2.05, 4.69) is 26.1 Å². The third-order valence-electron chi connectivity index (χ3n) is 3.25. The summed E-state index contributed by atoms with van der Waals surface area (Å²) >= 11 is 4.02. The van der Waals surface area contributed by atoms with Crippen LogP contribution in [0.15, 0.2) is 0 Å². The van der Waals surface area contributed by atoms with Crippen molar-refractivity contribution in [1.29, 1.82) is 0 Å². The molecule has 1 saturated heterocycles. The SMILES string of the molecule is CCCNc1nc(C2CSCCS2)nc(CC)c1C. The minimum absolute atomic E-state index is 0.465. The van der Waals surface area contributed by atoms with Gasteiger partial charge in [0, 0.05) is 35.1 Å². The van der Waals surface area contributed by atoms with Gasteiger partial charge in [0.2, 0.25) is 0 Å². The molecule has 1 fully saturated rings. The predicted molar refractivity (Wildman–Crippen MR) is 87.5 cm³/mol. The molecular weight excluding hydrogens is 274 g/mol. The molecule has 0 aromatic carbocycles. The summed E-state index contributed by atoms with van der Waals surface area (Å²) in [6.45, 7) is 7.46. The minimum Gasteiger partial charge on any atom is -0.370 e. The number of nitrogens with zero attached hydrogens (tertiary/aromatic N) is 2. The fourth-order valence-electron chi connectivity index (χ4n) is 2.12. The molecule has 0 amide bonds. The summed E-state index contributed by atoms with van der Waals surface area (Å²) in [5, 5.41) is 3.91. The summed E-state index contributed by atoms with van der Waals surface area (Å²) in [5.41, 5.74) is 2.41. The zero-order chi connectivity index (χ0) is 13.7. The van der Waals surface area contributed by atoms with E-state index in [9.17, 15) is 0 Å². The monoisotopic (exact) mass is 297 g/mol. The van der Waals surface area contributed by atoms with Crippen LogP contribution in [0.2, 0.25) is 0 Å². The average Bonchev–Trinajstić information content (AvgIpc) is 2.47. The summed E-state index contributed by atoms with van der Waals surface area (Å²) in [5.74, 6) is 5.68. The molecule has 3 nitrogen and oxygen atoms in total. The number of rotatable bonds is 5. The molecule has 1 aliphatic heterocycles. The first kappa shape index (κ1) is 15.0. The van der Waals surface area contributed by atoms with E-state index in [0.717, 1.165) is 36.8 Å². The third kappa shape index (κ3) is 3.78. The molecule has 5 heteroatoms. The van der Waals surface area contributed by atoms with Crippen molar-refractivity contribution >= 4 is 29.3 Å². The lowest BCUT2D eigenvalue weighted by Crippen LogP contribution is -2.15. The van der Waals surface area contributed by atoms with E-state index in [-0.39, 0.29) is 0 Å². The third-order valence-corrected chi connectivity index (χ3v) is 6.00. The van der Waals surface area contributed by atoms with Crippen LogP contribution in [0.25, 0.3) is 0 Å². The number of aromatic nitrogens is 2. The van der Waals surface area contributed by atoms with Crippen LogP contribution in [0, 0.1) is 6.92 Å². The Kier molecular flexibility index (Phi) is 5.82. The van der Waals surface area contributed by atoms with Crippen molar-refractivity contribution in [2.75, 3.05) is 29.1 Å². The van der Waals surface area contributed by atoms with Gasteiger partial charge in [-0.1, -0.05) is 13.8 Å². The topological polar surface area (TPSA) is 37.8 Å². The first-order chi connectivity index (χ1) is 9.26. The van der Waals surface area contributed by atoms with Crippen LogP contribution in [-0.2, 0) is 6.42 Å². The highest BCUT2D eigenvalue weighted by atomic mass is 32.2. The maximum atomic E-state index is 4.80. The van der Waals surface area contributed by atoms with Crippen molar-refractivity contribution in [3.8, 4) is 0 Å². The number of anilines is 1. The van der Waals surface area contributed by atoms with Gasteiger partial charge < -0.3 is 5.32 Å². The van der Waals surface area contributed by atoms with Crippen LogP contribution >= 0.6 is 23.5 Å². The molecule has 0 bridgehead atoms. The Balaban J connectivity index is 2.26. The second-order valence-corrected chi connectivity index (χ2v) is 7.18. The number of thioether (sulfide) groups is 2. The molecule has 0 radical (unpaired) electrons. The van der Waals surface area contributed by atoms with Crippen LogP contribution in [0.1, 0.15) is 42.6 Å². The zero-order valence-corrected chi connectivity index (χ0v) is 13.7. The normalized spacial score (nSPS) is 19.4. The number of hydrogen-bond donors (Lipinski definition) is 1. The Labute approximate surface area is 124 Å². The van der Waals surface area contributed by atoms with Crippen molar-refractivity contribution in [2.24, 2.45) is 0 Å². The van der Waals surface area contributed by atoms with E-state index >= 15 is 0 Å². The van der Waals surface area contributed by atoms with Crippen LogP contribution < -0.4 is 5.32 Å². The smallest absolute Gasteiger partial charge is 0.144 e. The summed E-state index contributed by atoms with van der Waals surface area (Å²) in [7, 11) is 0. The Morgan fingerprint density at radius 1 is 1.26 bits per heavy atom. The van der Waals surface area contributed by atoms with Gasteiger partial charge in [0.25, 0.3) is 0 Å². The Bertz CT molecular complexity index is 417. The molecule has 1 unspecified atom stereocenters. The fourth-order valence-corrected chi connectivity index (χ4v) is 4.72. The quantitative estimate of drug-likeness (QED) is 0.897. The van der Waals surface area contributed by atoms with Gasteiger partial charge in [0.15, 0.2) is 0 Å². The Morgan fingerprint density at radius 3 is 2.74 bits per heavy atom. The molecular formula is C14H23N3S2. The van der Waals surface area contributed by atoms with Crippen LogP contribution in [0.5, 0.6) is 0 Å². The second-order valence-electron chi connectivity index (χ2n) is 4.72. The molecule has 2 heterocycles. The van der Waals surface area contributed by atoms with Gasteiger partial charge >= 0.3 is 0 Å². The van der Waals surface area contributed by atoms with Crippen molar-refractivity contribution in [2.45, 2.75) is 38.9 Å².